The van der Waals surface area contributed by atoms with Crippen LogP contribution in [-0.2, 0) is 26.6 Å². The number of benzene rings is 2. The molecule has 0 aliphatic carbocycles. The van der Waals surface area contributed by atoms with Gasteiger partial charge in [-0.25, -0.2) is 0 Å². The van der Waals surface area contributed by atoms with Crippen LogP contribution in [0.25, 0.3) is 16.6 Å². The second-order valence-corrected chi connectivity index (χ2v) is 8.52. The lowest BCUT2D eigenvalue weighted by molar-refractivity contribution is 0.305. The molecule has 0 N–H and O–H groups in total. The van der Waals surface area contributed by atoms with Crippen molar-refractivity contribution in [2.24, 2.45) is 7.05 Å². The number of nitrogens with zero attached hydrogens (tertiary/aromatic N) is 3. The minimum atomic E-state index is -0.0977. The van der Waals surface area contributed by atoms with Gasteiger partial charge in [-0.1, -0.05) is 35.9 Å². The van der Waals surface area contributed by atoms with Crippen LogP contribution in [0.1, 0.15) is 22.4 Å². The predicted octanol–water partition coefficient (Wildman–Crippen LogP) is 4.20. The number of fused-ring (bicyclic) bond motifs is 3. The Bertz CT molecular complexity index is 1320. The van der Waals surface area contributed by atoms with Crippen LogP contribution in [-0.4, -0.2) is 27.6 Å². The third-order valence-electron chi connectivity index (χ3n) is 6.28. The lowest BCUT2D eigenvalue weighted by atomic mass is 10.0. The van der Waals surface area contributed by atoms with E-state index < -0.39 is 0 Å². The molecule has 0 fully saturated rings. The molecule has 0 atom stereocenters. The Hall–Kier alpha value is -3.31. The zero-order valence-electron chi connectivity index (χ0n) is 18.3. The zero-order valence-corrected chi connectivity index (χ0v) is 18.3. The Morgan fingerprint density at radius 3 is 2.58 bits per heavy atom. The highest BCUT2D eigenvalue weighted by atomic mass is 16.5. The second-order valence-electron chi connectivity index (χ2n) is 8.52. The van der Waals surface area contributed by atoms with Gasteiger partial charge in [0.1, 0.15) is 12.4 Å². The summed E-state index contributed by atoms with van der Waals surface area (Å²) < 4.78 is 9.78. The number of ether oxygens (including phenoxy) is 1. The minimum Gasteiger partial charge on any atom is -0.489 e. The van der Waals surface area contributed by atoms with Gasteiger partial charge in [0.25, 0.3) is 5.56 Å². The molecule has 2 aromatic carbocycles. The van der Waals surface area contributed by atoms with Crippen LogP contribution in [0.2, 0.25) is 0 Å². The number of aromatic nitrogens is 2. The summed E-state index contributed by atoms with van der Waals surface area (Å²) in [5.74, 6) is 0.584. The highest BCUT2D eigenvalue weighted by molar-refractivity contribution is 5.87. The molecule has 158 valence electrons. The number of rotatable bonds is 4. The van der Waals surface area contributed by atoms with E-state index >= 15 is 0 Å². The lowest BCUT2D eigenvalue weighted by Gasteiger charge is -2.23. The molecule has 0 spiro atoms. The quantitative estimate of drug-likeness (QED) is 0.503. The van der Waals surface area contributed by atoms with Gasteiger partial charge in [-0.2, -0.15) is 0 Å². The van der Waals surface area contributed by atoms with E-state index in [0.29, 0.717) is 12.4 Å². The van der Waals surface area contributed by atoms with Crippen LogP contribution in [0.3, 0.4) is 0 Å². The van der Waals surface area contributed by atoms with Crippen molar-refractivity contribution in [1.82, 2.24) is 14.0 Å². The Labute approximate surface area is 182 Å². The van der Waals surface area contributed by atoms with Crippen LogP contribution < -0.4 is 10.3 Å². The van der Waals surface area contributed by atoms with Gasteiger partial charge in [0.05, 0.1) is 11.2 Å². The number of likely N-dealkylation sites (N-methyl/N-ethyl adjacent to an activating group) is 1. The molecule has 0 unspecified atom stereocenters. The molecule has 31 heavy (non-hydrogen) atoms. The summed E-state index contributed by atoms with van der Waals surface area (Å²) in [6.45, 7) is 4.55. The molecule has 1 aliphatic heterocycles. The van der Waals surface area contributed by atoms with Gasteiger partial charge in [-0.3, -0.25) is 9.36 Å². The van der Waals surface area contributed by atoms with Gasteiger partial charge < -0.3 is 14.2 Å². The summed E-state index contributed by atoms with van der Waals surface area (Å²) in [5.41, 5.74) is 7.05. The molecule has 0 saturated carbocycles. The third kappa shape index (κ3) is 3.66. The van der Waals surface area contributed by atoms with Gasteiger partial charge in [0, 0.05) is 43.5 Å². The van der Waals surface area contributed by atoms with Crippen molar-refractivity contribution in [3.63, 3.8) is 0 Å². The number of pyridine rings is 1. The van der Waals surface area contributed by atoms with Crippen LogP contribution in [0, 0.1) is 6.92 Å². The molecule has 0 bridgehead atoms. The average Bonchev–Trinajstić information content (AvgIpc) is 3.04. The van der Waals surface area contributed by atoms with Crippen LogP contribution in [0.15, 0.2) is 65.6 Å². The van der Waals surface area contributed by atoms with Crippen LogP contribution in [0.4, 0.5) is 0 Å². The van der Waals surface area contributed by atoms with Crippen molar-refractivity contribution in [2.45, 2.75) is 26.5 Å². The van der Waals surface area contributed by atoms with Gasteiger partial charge in [0.15, 0.2) is 0 Å². The Morgan fingerprint density at radius 2 is 1.81 bits per heavy atom. The fourth-order valence-corrected chi connectivity index (χ4v) is 4.44. The summed E-state index contributed by atoms with van der Waals surface area (Å²) >= 11 is 0. The summed E-state index contributed by atoms with van der Waals surface area (Å²) in [5, 5.41) is 1.29. The number of aryl methyl sites for hydroxylation is 2. The maximum absolute atomic E-state index is 12.8. The molecule has 1 aliphatic rings. The van der Waals surface area contributed by atoms with Crippen molar-refractivity contribution in [3.05, 3.63) is 93.5 Å². The van der Waals surface area contributed by atoms with E-state index in [-0.39, 0.29) is 5.56 Å². The van der Waals surface area contributed by atoms with E-state index in [1.54, 1.807) is 16.8 Å². The maximum Gasteiger partial charge on any atom is 0.258 e. The first-order chi connectivity index (χ1) is 15.0. The first-order valence-corrected chi connectivity index (χ1v) is 10.7. The number of hydrogen-bond acceptors (Lipinski definition) is 3. The summed E-state index contributed by atoms with van der Waals surface area (Å²) in [7, 11) is 4.28. The molecular weight excluding hydrogens is 386 g/mol. The van der Waals surface area contributed by atoms with Crippen LogP contribution in [0.5, 0.6) is 5.75 Å². The maximum atomic E-state index is 12.8. The Kier molecular flexibility index (Phi) is 4.91. The Morgan fingerprint density at radius 1 is 1.00 bits per heavy atom. The average molecular weight is 414 g/mol. The molecule has 0 amide bonds. The van der Waals surface area contributed by atoms with E-state index in [4.69, 9.17) is 4.74 Å². The van der Waals surface area contributed by atoms with Gasteiger partial charge in [0.2, 0.25) is 0 Å². The largest absolute Gasteiger partial charge is 0.489 e. The smallest absolute Gasteiger partial charge is 0.258 e. The van der Waals surface area contributed by atoms with Crippen molar-refractivity contribution >= 4 is 10.9 Å². The van der Waals surface area contributed by atoms with Gasteiger partial charge >= 0.3 is 0 Å². The predicted molar refractivity (Wildman–Crippen MR) is 124 cm³/mol. The molecule has 5 nitrogen and oxygen atoms in total. The minimum absolute atomic E-state index is 0.0977. The zero-order chi connectivity index (χ0) is 21.5. The van der Waals surface area contributed by atoms with E-state index in [0.717, 1.165) is 30.8 Å². The van der Waals surface area contributed by atoms with Crippen LogP contribution >= 0.6 is 0 Å². The highest BCUT2D eigenvalue weighted by Gasteiger charge is 2.21. The summed E-state index contributed by atoms with van der Waals surface area (Å²) in [4.78, 5) is 15.2. The van der Waals surface area contributed by atoms with Crippen molar-refractivity contribution in [1.29, 1.82) is 0 Å². The topological polar surface area (TPSA) is 39.4 Å². The molecular formula is C26H27N3O2. The van der Waals surface area contributed by atoms with Gasteiger partial charge in [-0.15, -0.1) is 0 Å². The normalized spacial score (nSPS) is 14.0. The molecule has 4 aromatic rings. The number of hydrogen-bond donors (Lipinski definition) is 0. The summed E-state index contributed by atoms with van der Waals surface area (Å²) in [6.07, 6.45) is 2.86. The first-order valence-electron chi connectivity index (χ1n) is 10.7. The van der Waals surface area contributed by atoms with Gasteiger partial charge in [-0.05, 0) is 49.7 Å². The fraction of sp³-hybridized carbons (Fsp3) is 0.269. The molecule has 0 saturated heterocycles. The standard InChI is InChI=1S/C26H27N3O2/c1-18-4-6-19(7-5-18)17-31-21-10-13-29(26(30)15-21)20-8-9-22-23-11-12-27(2)16-25(23)28(3)24(22)14-20/h4-10,13-15H,11-12,16-17H2,1-3H3. The SMILES string of the molecule is Cc1ccc(COc2ccn(-c3ccc4c5c(n(C)c4c3)CN(C)CC5)c(=O)c2)cc1. The molecule has 3 heterocycles. The highest BCUT2D eigenvalue weighted by Crippen LogP contribution is 2.31. The fourth-order valence-electron chi connectivity index (χ4n) is 4.44. The van der Waals surface area contributed by atoms with Crippen molar-refractivity contribution in [3.8, 4) is 11.4 Å². The van der Waals surface area contributed by atoms with E-state index in [9.17, 15) is 4.79 Å². The molecule has 0 radical (unpaired) electrons. The van der Waals surface area contributed by atoms with Crippen molar-refractivity contribution in [2.75, 3.05) is 13.6 Å². The third-order valence-corrected chi connectivity index (χ3v) is 6.28. The molecule has 2 aromatic heterocycles. The van der Waals surface area contributed by atoms with Crippen molar-refractivity contribution < 1.29 is 4.74 Å². The first kappa shape index (κ1) is 19.6. The monoisotopic (exact) mass is 413 g/mol. The lowest BCUT2D eigenvalue weighted by Crippen LogP contribution is -2.27. The molecule has 5 rings (SSSR count). The van der Waals surface area contributed by atoms with E-state index in [1.165, 1.54) is 27.7 Å². The summed E-state index contributed by atoms with van der Waals surface area (Å²) in [6, 6.07) is 17.9. The molecule has 5 heteroatoms. The van der Waals surface area contributed by atoms with E-state index in [2.05, 4.69) is 54.8 Å². The second kappa shape index (κ2) is 7.75. The van der Waals surface area contributed by atoms with E-state index in [1.807, 2.05) is 24.3 Å². The Balaban J connectivity index is 1.43.